The van der Waals surface area contributed by atoms with Crippen molar-refractivity contribution in [1.29, 1.82) is 0 Å². The van der Waals surface area contributed by atoms with E-state index >= 15 is 0 Å². The summed E-state index contributed by atoms with van der Waals surface area (Å²) in [6.07, 6.45) is 10.7. The number of benzene rings is 9. The summed E-state index contributed by atoms with van der Waals surface area (Å²) in [6.45, 7) is 8.07. The van der Waals surface area contributed by atoms with Crippen LogP contribution in [0.4, 0.5) is 22.7 Å². The van der Waals surface area contributed by atoms with Gasteiger partial charge in [0, 0.05) is 67.9 Å². The van der Waals surface area contributed by atoms with E-state index in [2.05, 4.69) is 187 Å². The molecule has 294 valence electrons. The summed E-state index contributed by atoms with van der Waals surface area (Å²) in [5, 5.41) is 9.48. The first kappa shape index (κ1) is 35.8. The molecule has 12 rings (SSSR count). The number of hydrogen-bond donors (Lipinski definition) is 0. The van der Waals surface area contributed by atoms with Gasteiger partial charge in [-0.15, -0.1) is 0 Å². The molecule has 0 radical (unpaired) electrons. The van der Waals surface area contributed by atoms with Crippen LogP contribution in [0.5, 0.6) is 17.2 Å². The molecule has 2 aliphatic heterocycles. The van der Waals surface area contributed by atoms with E-state index < -0.39 is 0 Å². The Balaban J connectivity index is 0.990. The third-order valence-electron chi connectivity index (χ3n) is 12.6. The van der Waals surface area contributed by atoms with Gasteiger partial charge in [-0.2, -0.15) is 0 Å². The second-order valence-electron chi connectivity index (χ2n) is 16.0. The third-order valence-corrected chi connectivity index (χ3v) is 12.6. The summed E-state index contributed by atoms with van der Waals surface area (Å²) in [7, 11) is 0. The first-order valence-corrected chi connectivity index (χ1v) is 21.2. The van der Waals surface area contributed by atoms with Crippen molar-refractivity contribution < 1.29 is 9.47 Å². The molecule has 9 aromatic rings. The maximum Gasteiger partial charge on any atom is 0.137 e. The average molecular weight is 797 g/mol. The Morgan fingerprint density at radius 2 is 1.23 bits per heavy atom. The lowest BCUT2D eigenvalue weighted by atomic mass is 9.84. The molecule has 0 saturated heterocycles. The third kappa shape index (κ3) is 5.54. The lowest BCUT2D eigenvalue weighted by Gasteiger charge is -2.37. The number of ether oxygens (including phenoxy) is 2. The van der Waals surface area contributed by atoms with E-state index in [1.165, 1.54) is 49.2 Å². The molecule has 62 heavy (non-hydrogen) atoms. The average Bonchev–Trinajstić information content (AvgIpc) is 3.33. The number of para-hydroxylation sites is 1. The highest BCUT2D eigenvalue weighted by atomic mass is 16.5. The summed E-state index contributed by atoms with van der Waals surface area (Å²) in [5.74, 6) is 2.50. The van der Waals surface area contributed by atoms with Crippen LogP contribution in [0.3, 0.4) is 0 Å². The number of allylic oxidation sites excluding steroid dienone is 5. The summed E-state index contributed by atoms with van der Waals surface area (Å²) in [4.78, 5) is 4.65. The SMILES string of the molecule is C=CC=C(C=C)N(c1ccccc1)c1ccc2c(c1)Oc1ccc3c4c(ccc-2c14)OC1CC(N(c2cccc4ccccc24)c2cc4ccccc4c4ccccc24)=CC=C31. The van der Waals surface area contributed by atoms with Gasteiger partial charge in [-0.05, 0) is 105 Å². The number of anilines is 4. The van der Waals surface area contributed by atoms with Gasteiger partial charge < -0.3 is 19.3 Å². The zero-order chi connectivity index (χ0) is 41.3. The Hall–Kier alpha value is -8.08. The molecule has 2 heterocycles. The monoisotopic (exact) mass is 796 g/mol. The van der Waals surface area contributed by atoms with E-state index in [1.54, 1.807) is 6.08 Å². The fourth-order valence-corrected chi connectivity index (χ4v) is 9.95. The molecule has 0 fully saturated rings. The standard InChI is InChI=1S/C58H40N2O2/c1-3-15-39(4-2)59(40-19-6-5-7-20-40)41-26-28-47-49-30-33-54-58-50(31-32-53(57(49)58)61-55(47)35-41)48-29-27-42(36-56(48)62-54)60(51-25-14-18-37-16-8-11-22-44(37)51)52-34-38-17-9-10-21-43(38)45-23-12-13-24-46(45)52/h3-35,56H,1-2,36H2. The van der Waals surface area contributed by atoms with E-state index in [0.29, 0.717) is 6.42 Å². The second kappa shape index (κ2) is 14.3. The van der Waals surface area contributed by atoms with E-state index in [9.17, 15) is 0 Å². The molecular formula is C58H40N2O2. The van der Waals surface area contributed by atoms with Gasteiger partial charge in [0.05, 0.1) is 11.4 Å². The van der Waals surface area contributed by atoms with Gasteiger partial charge in [0.1, 0.15) is 23.4 Å². The van der Waals surface area contributed by atoms with Crippen molar-refractivity contribution in [3.8, 4) is 28.4 Å². The smallest absolute Gasteiger partial charge is 0.137 e. The van der Waals surface area contributed by atoms with E-state index in [-0.39, 0.29) is 6.10 Å². The van der Waals surface area contributed by atoms with Crippen LogP contribution in [0.15, 0.2) is 225 Å². The first-order valence-electron chi connectivity index (χ1n) is 21.2. The van der Waals surface area contributed by atoms with Crippen LogP contribution in [-0.2, 0) is 0 Å². The predicted molar refractivity (Wildman–Crippen MR) is 259 cm³/mol. The van der Waals surface area contributed by atoms with Crippen LogP contribution in [0.2, 0.25) is 0 Å². The zero-order valence-electron chi connectivity index (χ0n) is 34.0. The van der Waals surface area contributed by atoms with Crippen LogP contribution in [0.25, 0.3) is 59.8 Å². The Bertz CT molecular complexity index is 3440. The summed E-state index contributed by atoms with van der Waals surface area (Å²) in [6, 6.07) is 60.6. The molecule has 0 N–H and O–H groups in total. The maximum absolute atomic E-state index is 7.11. The Morgan fingerprint density at radius 3 is 2.06 bits per heavy atom. The van der Waals surface area contributed by atoms with Gasteiger partial charge in [0.2, 0.25) is 0 Å². The highest BCUT2D eigenvalue weighted by molar-refractivity contribution is 6.16. The second-order valence-corrected chi connectivity index (χ2v) is 16.0. The van der Waals surface area contributed by atoms with Crippen molar-refractivity contribution in [1.82, 2.24) is 0 Å². The molecule has 0 saturated carbocycles. The number of nitrogens with zero attached hydrogens (tertiary/aromatic N) is 2. The van der Waals surface area contributed by atoms with Crippen LogP contribution in [0, 0.1) is 0 Å². The minimum absolute atomic E-state index is 0.183. The van der Waals surface area contributed by atoms with Gasteiger partial charge >= 0.3 is 0 Å². The Labute approximate surface area is 360 Å². The molecule has 4 nitrogen and oxygen atoms in total. The first-order chi connectivity index (χ1) is 30.7. The molecule has 0 spiro atoms. The van der Waals surface area contributed by atoms with Crippen molar-refractivity contribution in [3.05, 3.63) is 230 Å². The topological polar surface area (TPSA) is 24.9 Å². The summed E-state index contributed by atoms with van der Waals surface area (Å²) >= 11 is 0. The maximum atomic E-state index is 7.11. The van der Waals surface area contributed by atoms with Crippen LogP contribution >= 0.6 is 0 Å². The normalized spacial score (nSPS) is 14.9. The molecule has 4 heteroatoms. The fourth-order valence-electron chi connectivity index (χ4n) is 9.95. The number of rotatable bonds is 8. The van der Waals surface area contributed by atoms with Crippen molar-refractivity contribution >= 4 is 71.4 Å². The molecule has 0 aromatic heterocycles. The van der Waals surface area contributed by atoms with Crippen LogP contribution in [0.1, 0.15) is 12.0 Å². The van der Waals surface area contributed by atoms with Crippen LogP contribution < -0.4 is 19.3 Å². The Morgan fingerprint density at radius 1 is 0.532 bits per heavy atom. The minimum atomic E-state index is -0.183. The van der Waals surface area contributed by atoms with Crippen molar-refractivity contribution in [2.24, 2.45) is 0 Å². The highest BCUT2D eigenvalue weighted by Crippen LogP contribution is 2.55. The van der Waals surface area contributed by atoms with Gasteiger partial charge in [0.25, 0.3) is 0 Å². The van der Waals surface area contributed by atoms with Crippen molar-refractivity contribution in [3.63, 3.8) is 0 Å². The summed E-state index contributed by atoms with van der Waals surface area (Å²) < 4.78 is 13.9. The molecular weight excluding hydrogens is 757 g/mol. The van der Waals surface area contributed by atoms with Gasteiger partial charge in [-0.25, -0.2) is 0 Å². The molecule has 0 amide bonds. The molecule has 1 unspecified atom stereocenters. The largest absolute Gasteiger partial charge is 0.485 e. The van der Waals surface area contributed by atoms with Gasteiger partial charge in [0.15, 0.2) is 0 Å². The molecule has 0 bridgehead atoms. The highest BCUT2D eigenvalue weighted by Gasteiger charge is 2.35. The van der Waals surface area contributed by atoms with Crippen molar-refractivity contribution in [2.45, 2.75) is 12.5 Å². The van der Waals surface area contributed by atoms with Crippen LogP contribution in [-0.4, -0.2) is 6.10 Å². The molecule has 1 aliphatic carbocycles. The predicted octanol–water partition coefficient (Wildman–Crippen LogP) is 15.7. The number of hydrogen-bond acceptors (Lipinski definition) is 4. The quantitative estimate of drug-likeness (QED) is 0.113. The zero-order valence-corrected chi connectivity index (χ0v) is 34.0. The fraction of sp³-hybridized carbons (Fsp3) is 0.0345. The molecule has 1 atom stereocenters. The lowest BCUT2D eigenvalue weighted by Crippen LogP contribution is -2.30. The van der Waals surface area contributed by atoms with Gasteiger partial charge in [-0.1, -0.05) is 135 Å². The Kier molecular flexibility index (Phi) is 8.26. The number of fused-ring (bicyclic) bond motifs is 8. The van der Waals surface area contributed by atoms with E-state index in [0.717, 1.165) is 67.6 Å². The van der Waals surface area contributed by atoms with E-state index in [4.69, 9.17) is 9.47 Å². The summed E-state index contributed by atoms with van der Waals surface area (Å²) in [5.41, 5.74) is 10.9. The molecule has 3 aliphatic rings. The van der Waals surface area contributed by atoms with Gasteiger partial charge in [-0.3, -0.25) is 0 Å². The molecule has 9 aromatic carbocycles. The van der Waals surface area contributed by atoms with Crippen molar-refractivity contribution in [2.75, 3.05) is 9.80 Å². The minimum Gasteiger partial charge on any atom is -0.485 e. The van der Waals surface area contributed by atoms with E-state index in [1.807, 2.05) is 30.4 Å². The lowest BCUT2D eigenvalue weighted by molar-refractivity contribution is 0.256.